The number of esters is 1. The maximum absolute atomic E-state index is 12.2. The van der Waals surface area contributed by atoms with Gasteiger partial charge in [0.15, 0.2) is 6.10 Å². The molecule has 0 heterocycles. The molecule has 3 unspecified atom stereocenters. The highest BCUT2D eigenvalue weighted by Crippen LogP contribution is 2.59. The molecule has 0 radical (unpaired) electrons. The van der Waals surface area contributed by atoms with Crippen LogP contribution in [0.25, 0.3) is 0 Å². The van der Waals surface area contributed by atoms with Crippen LogP contribution < -0.4 is 0 Å². The molecule has 1 aliphatic carbocycles. The van der Waals surface area contributed by atoms with Gasteiger partial charge in [0, 0.05) is 0 Å². The van der Waals surface area contributed by atoms with Crippen LogP contribution in [0.3, 0.4) is 0 Å². The van der Waals surface area contributed by atoms with Crippen molar-refractivity contribution in [3.8, 4) is 12.3 Å². The van der Waals surface area contributed by atoms with Crippen LogP contribution in [0.5, 0.6) is 0 Å². The summed E-state index contributed by atoms with van der Waals surface area (Å²) in [4.78, 5) is 12.2. The molecule has 0 bridgehead atoms. The predicted octanol–water partition coefficient (Wildman–Crippen LogP) is 4.37. The van der Waals surface area contributed by atoms with E-state index in [1.165, 1.54) is 5.57 Å². The van der Waals surface area contributed by atoms with Crippen molar-refractivity contribution in [2.45, 2.75) is 54.6 Å². The number of hydrogen-bond donors (Lipinski definition) is 0. The van der Waals surface area contributed by atoms with E-state index >= 15 is 0 Å². The molecule has 0 saturated heterocycles. The van der Waals surface area contributed by atoms with Crippen LogP contribution in [-0.4, -0.2) is 12.1 Å². The highest BCUT2D eigenvalue weighted by Gasteiger charge is 2.61. The van der Waals surface area contributed by atoms with Gasteiger partial charge >= 0.3 is 5.97 Å². The van der Waals surface area contributed by atoms with E-state index in [1.54, 1.807) is 6.08 Å². The molecule has 2 nitrogen and oxygen atoms in total. The Morgan fingerprint density at radius 2 is 2.05 bits per heavy atom. The maximum Gasteiger partial charge on any atom is 0.311 e. The minimum absolute atomic E-state index is 0. The molecule has 0 aromatic rings. The Balaban J connectivity index is 0.00000361. The van der Waals surface area contributed by atoms with Gasteiger partial charge in [-0.2, -0.15) is 0 Å². The summed E-state index contributed by atoms with van der Waals surface area (Å²) in [6.07, 6.45) is 11.5. The van der Waals surface area contributed by atoms with Gasteiger partial charge in [-0.25, -0.2) is 0 Å². The molecule has 1 saturated carbocycles. The number of carbonyl (C=O) groups excluding carboxylic acids is 1. The number of rotatable bonds is 5. The number of ether oxygens (including phenoxy) is 1. The van der Waals surface area contributed by atoms with E-state index in [0.29, 0.717) is 0 Å². The quantitative estimate of drug-likeness (QED) is 0.423. The van der Waals surface area contributed by atoms with Crippen molar-refractivity contribution < 1.29 is 9.53 Å². The van der Waals surface area contributed by atoms with Gasteiger partial charge in [-0.1, -0.05) is 51.8 Å². The lowest BCUT2D eigenvalue weighted by atomic mass is 10.1. The Bertz CT molecular complexity index is 431. The highest BCUT2D eigenvalue weighted by atomic mass is 16.5. The third kappa shape index (κ3) is 4.27. The first-order chi connectivity index (χ1) is 8.84. The standard InChI is InChI=1S/C17H24O2.CH4/c1-7-9-10-13(8-2)19-16(18)15-14(11-12(3)4)17(15,5)6;/h2,9-11,13-15H,7H2,1,3-6H3;1H4/b10-9+;. The fraction of sp³-hybridized carbons (Fsp3) is 0.611. The second kappa shape index (κ2) is 7.33. The predicted molar refractivity (Wildman–Crippen MR) is 85.1 cm³/mol. The van der Waals surface area contributed by atoms with Crippen LogP contribution in [0.4, 0.5) is 0 Å². The number of carbonyl (C=O) groups is 1. The molecule has 0 N–H and O–H groups in total. The van der Waals surface area contributed by atoms with Crippen molar-refractivity contribution in [1.29, 1.82) is 0 Å². The summed E-state index contributed by atoms with van der Waals surface area (Å²) in [6.45, 7) is 10.3. The monoisotopic (exact) mass is 276 g/mol. The highest BCUT2D eigenvalue weighted by molar-refractivity contribution is 5.78. The van der Waals surface area contributed by atoms with Gasteiger partial charge in [0.1, 0.15) is 0 Å². The lowest BCUT2D eigenvalue weighted by Gasteiger charge is -2.09. The minimum Gasteiger partial charge on any atom is -0.445 e. The normalized spacial score (nSPS) is 24.2. The Hall–Kier alpha value is -1.49. The van der Waals surface area contributed by atoms with Crippen molar-refractivity contribution in [3.05, 3.63) is 23.8 Å². The SMILES string of the molecule is C.C#CC(/C=C/CC)OC(=O)C1C(C=C(C)C)C1(C)C. The van der Waals surface area contributed by atoms with E-state index in [4.69, 9.17) is 11.2 Å². The van der Waals surface area contributed by atoms with Gasteiger partial charge in [-0.05, 0) is 37.7 Å². The van der Waals surface area contributed by atoms with Crippen LogP contribution in [-0.2, 0) is 9.53 Å². The smallest absolute Gasteiger partial charge is 0.311 e. The zero-order valence-corrected chi connectivity index (χ0v) is 12.6. The van der Waals surface area contributed by atoms with Gasteiger partial charge in [0.05, 0.1) is 5.92 Å². The summed E-state index contributed by atoms with van der Waals surface area (Å²) in [6, 6.07) is 0. The fourth-order valence-electron chi connectivity index (χ4n) is 2.39. The van der Waals surface area contributed by atoms with Gasteiger partial charge in [0.2, 0.25) is 0 Å². The summed E-state index contributed by atoms with van der Waals surface area (Å²) in [5.74, 6) is 2.49. The van der Waals surface area contributed by atoms with Crippen molar-refractivity contribution in [2.75, 3.05) is 0 Å². The maximum atomic E-state index is 12.2. The van der Waals surface area contributed by atoms with Crippen molar-refractivity contribution in [3.63, 3.8) is 0 Å². The molecule has 20 heavy (non-hydrogen) atoms. The zero-order valence-electron chi connectivity index (χ0n) is 12.6. The summed E-state index contributed by atoms with van der Waals surface area (Å²) in [5.41, 5.74) is 1.20. The van der Waals surface area contributed by atoms with Crippen LogP contribution in [0, 0.1) is 29.6 Å². The minimum atomic E-state index is -0.545. The Morgan fingerprint density at radius 1 is 1.45 bits per heavy atom. The Labute approximate surface area is 124 Å². The van der Waals surface area contributed by atoms with E-state index in [1.807, 2.05) is 26.8 Å². The fourth-order valence-corrected chi connectivity index (χ4v) is 2.39. The zero-order chi connectivity index (χ0) is 14.6. The molecule has 1 aliphatic rings. The molecule has 0 aromatic heterocycles. The molecule has 0 aliphatic heterocycles. The van der Waals surface area contributed by atoms with Crippen molar-refractivity contribution in [2.24, 2.45) is 17.3 Å². The van der Waals surface area contributed by atoms with Crippen molar-refractivity contribution in [1.82, 2.24) is 0 Å². The first kappa shape index (κ1) is 18.5. The summed E-state index contributed by atoms with van der Waals surface area (Å²) in [7, 11) is 0. The molecule has 1 fully saturated rings. The average molecular weight is 276 g/mol. The van der Waals surface area contributed by atoms with Crippen LogP contribution in [0.1, 0.15) is 48.5 Å². The molecule has 112 valence electrons. The van der Waals surface area contributed by atoms with Crippen LogP contribution in [0.2, 0.25) is 0 Å². The second-order valence-electron chi connectivity index (χ2n) is 5.93. The third-order valence-corrected chi connectivity index (χ3v) is 3.63. The molecule has 0 spiro atoms. The second-order valence-corrected chi connectivity index (χ2v) is 5.93. The first-order valence-corrected chi connectivity index (χ1v) is 6.82. The van der Waals surface area contributed by atoms with Crippen molar-refractivity contribution >= 4 is 5.97 Å². The van der Waals surface area contributed by atoms with E-state index in [-0.39, 0.29) is 30.6 Å². The lowest BCUT2D eigenvalue weighted by molar-refractivity contribution is -0.147. The number of terminal acetylenes is 1. The van der Waals surface area contributed by atoms with Gasteiger partial charge in [0.25, 0.3) is 0 Å². The molecular formula is C18H28O2. The molecule has 0 amide bonds. The van der Waals surface area contributed by atoms with E-state index < -0.39 is 6.10 Å². The summed E-state index contributed by atoms with van der Waals surface area (Å²) in [5, 5.41) is 0. The van der Waals surface area contributed by atoms with Gasteiger partial charge in [-0.15, -0.1) is 6.42 Å². The van der Waals surface area contributed by atoms with Crippen LogP contribution in [0.15, 0.2) is 23.8 Å². The largest absolute Gasteiger partial charge is 0.445 e. The number of hydrogen-bond acceptors (Lipinski definition) is 2. The van der Waals surface area contributed by atoms with Gasteiger partial charge < -0.3 is 4.74 Å². The Morgan fingerprint density at radius 3 is 2.50 bits per heavy atom. The third-order valence-electron chi connectivity index (χ3n) is 3.63. The molecule has 3 atom stereocenters. The topological polar surface area (TPSA) is 26.3 Å². The first-order valence-electron chi connectivity index (χ1n) is 6.82. The Kier molecular flexibility index (Phi) is 6.79. The van der Waals surface area contributed by atoms with Gasteiger partial charge in [-0.3, -0.25) is 4.79 Å². The summed E-state index contributed by atoms with van der Waals surface area (Å²) >= 11 is 0. The molecule has 0 aromatic carbocycles. The summed E-state index contributed by atoms with van der Waals surface area (Å²) < 4.78 is 5.38. The lowest BCUT2D eigenvalue weighted by Crippen LogP contribution is -2.17. The van der Waals surface area contributed by atoms with E-state index in [9.17, 15) is 4.79 Å². The number of allylic oxidation sites excluding steroid dienone is 3. The van der Waals surface area contributed by atoms with E-state index in [2.05, 4.69) is 25.8 Å². The average Bonchev–Trinajstić information content (AvgIpc) is 2.85. The van der Waals surface area contributed by atoms with E-state index in [0.717, 1.165) is 6.42 Å². The molecule has 2 heteroatoms. The molecule has 1 rings (SSSR count). The molecular weight excluding hydrogens is 248 g/mol. The van der Waals surface area contributed by atoms with Crippen LogP contribution >= 0.6 is 0 Å².